The molecule has 0 spiro atoms. The van der Waals surface area contributed by atoms with Gasteiger partial charge in [-0.05, 0) is 30.3 Å². The van der Waals surface area contributed by atoms with Crippen LogP contribution in [0.2, 0.25) is 0 Å². The lowest BCUT2D eigenvalue weighted by atomic mass is 10.2. The van der Waals surface area contributed by atoms with Crippen LogP contribution < -0.4 is 15.4 Å². The highest BCUT2D eigenvalue weighted by molar-refractivity contribution is 8.00. The summed E-state index contributed by atoms with van der Waals surface area (Å²) in [5.74, 6) is -0.0867. The van der Waals surface area contributed by atoms with Crippen LogP contribution >= 0.6 is 11.8 Å². The predicted molar refractivity (Wildman–Crippen MR) is 101 cm³/mol. The second kappa shape index (κ2) is 9.09. The van der Waals surface area contributed by atoms with E-state index in [1.165, 1.54) is 11.8 Å². The van der Waals surface area contributed by atoms with Gasteiger partial charge in [-0.3, -0.25) is 9.59 Å². The number of para-hydroxylation sites is 1. The Morgan fingerprint density at radius 1 is 1.15 bits per heavy atom. The molecule has 2 N–H and O–H groups in total. The lowest BCUT2D eigenvalue weighted by Crippen LogP contribution is -2.32. The number of anilines is 1. The molecule has 0 unspecified atom stereocenters. The van der Waals surface area contributed by atoms with Crippen molar-refractivity contribution in [2.24, 2.45) is 0 Å². The molecule has 2 aromatic carbocycles. The quantitative estimate of drug-likeness (QED) is 0.559. The van der Waals surface area contributed by atoms with Gasteiger partial charge in [0.05, 0.1) is 23.5 Å². The van der Waals surface area contributed by atoms with Crippen LogP contribution in [0.1, 0.15) is 10.4 Å². The molecular formula is C19H18N2O5S. The van der Waals surface area contributed by atoms with Gasteiger partial charge in [-0.1, -0.05) is 18.2 Å². The smallest absolute Gasteiger partial charge is 0.338 e. The summed E-state index contributed by atoms with van der Waals surface area (Å²) in [5, 5.41) is 5.32. The molecular weight excluding hydrogens is 368 g/mol. The lowest BCUT2D eigenvalue weighted by molar-refractivity contribution is -0.124. The van der Waals surface area contributed by atoms with Gasteiger partial charge in [0.15, 0.2) is 6.61 Å². The zero-order valence-electron chi connectivity index (χ0n) is 14.4. The first-order valence-corrected chi connectivity index (χ1v) is 9.29. The molecule has 27 heavy (non-hydrogen) atoms. The van der Waals surface area contributed by atoms with Crippen molar-refractivity contribution in [3.63, 3.8) is 0 Å². The van der Waals surface area contributed by atoms with Crippen LogP contribution in [0.5, 0.6) is 5.75 Å². The molecule has 2 aromatic rings. The van der Waals surface area contributed by atoms with Gasteiger partial charge < -0.3 is 20.1 Å². The van der Waals surface area contributed by atoms with Crippen LogP contribution in [-0.4, -0.2) is 43.3 Å². The van der Waals surface area contributed by atoms with Crippen LogP contribution in [0.15, 0.2) is 53.4 Å². The van der Waals surface area contributed by atoms with Crippen molar-refractivity contribution in [3.8, 4) is 5.75 Å². The second-order valence-corrected chi connectivity index (χ2v) is 6.65. The second-order valence-electron chi connectivity index (χ2n) is 5.64. The molecule has 0 aromatic heterocycles. The molecule has 0 atom stereocenters. The maximum Gasteiger partial charge on any atom is 0.338 e. The summed E-state index contributed by atoms with van der Waals surface area (Å²) in [4.78, 5) is 36.2. The van der Waals surface area contributed by atoms with Crippen molar-refractivity contribution in [3.05, 3.63) is 54.1 Å². The summed E-state index contributed by atoms with van der Waals surface area (Å²) >= 11 is 1.40. The van der Waals surface area contributed by atoms with Crippen molar-refractivity contribution in [2.45, 2.75) is 4.90 Å². The Morgan fingerprint density at radius 3 is 2.78 bits per heavy atom. The van der Waals surface area contributed by atoms with Gasteiger partial charge in [-0.25, -0.2) is 4.79 Å². The third kappa shape index (κ3) is 5.49. The molecule has 8 heteroatoms. The van der Waals surface area contributed by atoms with E-state index in [0.29, 0.717) is 24.6 Å². The fraction of sp³-hybridized carbons (Fsp3) is 0.211. The van der Waals surface area contributed by atoms with Crippen LogP contribution in [0.25, 0.3) is 0 Å². The third-order valence-corrected chi connectivity index (χ3v) is 4.69. The van der Waals surface area contributed by atoms with Crippen LogP contribution in [-0.2, 0) is 14.3 Å². The van der Waals surface area contributed by atoms with Gasteiger partial charge >= 0.3 is 5.97 Å². The normalized spacial score (nSPS) is 12.5. The highest BCUT2D eigenvalue weighted by Gasteiger charge is 2.18. The van der Waals surface area contributed by atoms with Crippen molar-refractivity contribution in [2.75, 3.05) is 30.8 Å². The minimum absolute atomic E-state index is 0.116. The van der Waals surface area contributed by atoms with E-state index < -0.39 is 11.9 Å². The van der Waals surface area contributed by atoms with E-state index >= 15 is 0 Å². The Kier molecular flexibility index (Phi) is 6.32. The topological polar surface area (TPSA) is 93.7 Å². The molecule has 1 aliphatic rings. The SMILES string of the molecule is O=C(COC(=O)c1ccc2c(c1)NC(=O)CS2)NCCOc1ccccc1. The van der Waals surface area contributed by atoms with Crippen LogP contribution in [0.4, 0.5) is 5.69 Å². The average Bonchev–Trinajstić information content (AvgIpc) is 2.69. The maximum atomic E-state index is 12.1. The molecule has 7 nitrogen and oxygen atoms in total. The number of thioether (sulfide) groups is 1. The monoisotopic (exact) mass is 386 g/mol. The molecule has 140 valence electrons. The lowest BCUT2D eigenvalue weighted by Gasteiger charge is -2.16. The van der Waals surface area contributed by atoms with Crippen molar-refractivity contribution in [1.82, 2.24) is 5.32 Å². The molecule has 0 aliphatic carbocycles. The van der Waals surface area contributed by atoms with E-state index in [0.717, 1.165) is 10.6 Å². The number of nitrogens with one attached hydrogen (secondary N) is 2. The summed E-state index contributed by atoms with van der Waals surface area (Å²) in [6.45, 7) is 0.224. The molecule has 1 aliphatic heterocycles. The number of hydrogen-bond donors (Lipinski definition) is 2. The Labute approximate surface area is 160 Å². The molecule has 2 amide bonds. The van der Waals surface area contributed by atoms with Gasteiger partial charge in [-0.15, -0.1) is 11.8 Å². The number of hydrogen-bond acceptors (Lipinski definition) is 6. The number of esters is 1. The first-order valence-electron chi connectivity index (χ1n) is 8.30. The van der Waals surface area contributed by atoms with Gasteiger partial charge in [0.2, 0.25) is 5.91 Å². The van der Waals surface area contributed by atoms with Gasteiger partial charge in [0.1, 0.15) is 12.4 Å². The van der Waals surface area contributed by atoms with Gasteiger partial charge in [0, 0.05) is 4.90 Å². The number of benzene rings is 2. The Morgan fingerprint density at radius 2 is 1.96 bits per heavy atom. The van der Waals surface area contributed by atoms with Gasteiger partial charge in [0.25, 0.3) is 5.91 Å². The summed E-state index contributed by atoms with van der Waals surface area (Å²) in [7, 11) is 0. The largest absolute Gasteiger partial charge is 0.492 e. The fourth-order valence-corrected chi connectivity index (χ4v) is 3.14. The highest BCUT2D eigenvalue weighted by atomic mass is 32.2. The number of fused-ring (bicyclic) bond motifs is 1. The molecule has 1 heterocycles. The Hall–Kier alpha value is -3.00. The number of ether oxygens (including phenoxy) is 2. The first kappa shape index (κ1) is 18.8. The number of carbonyl (C=O) groups is 3. The number of carbonyl (C=O) groups excluding carboxylic acids is 3. The van der Waals surface area contributed by atoms with E-state index in [4.69, 9.17) is 9.47 Å². The molecule has 0 saturated heterocycles. The number of amides is 2. The Balaban J connectivity index is 1.40. The average molecular weight is 386 g/mol. The van der Waals surface area contributed by atoms with Crippen molar-refractivity contribution >= 4 is 35.2 Å². The van der Waals surface area contributed by atoms with E-state index in [-0.39, 0.29) is 18.1 Å². The third-order valence-electron chi connectivity index (χ3n) is 3.62. The summed E-state index contributed by atoms with van der Waals surface area (Å²) in [6, 6.07) is 14.2. The number of rotatable bonds is 7. The maximum absolute atomic E-state index is 12.1. The fourth-order valence-electron chi connectivity index (χ4n) is 2.35. The van der Waals surface area contributed by atoms with Crippen LogP contribution in [0.3, 0.4) is 0 Å². The van der Waals surface area contributed by atoms with Gasteiger partial charge in [-0.2, -0.15) is 0 Å². The minimum atomic E-state index is -0.627. The van der Waals surface area contributed by atoms with E-state index in [1.807, 2.05) is 30.3 Å². The molecule has 0 bridgehead atoms. The predicted octanol–water partition coefficient (Wildman–Crippen LogP) is 2.08. The molecule has 0 saturated carbocycles. The molecule has 0 fully saturated rings. The van der Waals surface area contributed by atoms with Crippen molar-refractivity contribution < 1.29 is 23.9 Å². The zero-order chi connectivity index (χ0) is 19.1. The zero-order valence-corrected chi connectivity index (χ0v) is 15.2. The molecule has 0 radical (unpaired) electrons. The minimum Gasteiger partial charge on any atom is -0.492 e. The summed E-state index contributed by atoms with van der Waals surface area (Å²) in [5.41, 5.74) is 0.852. The van der Waals surface area contributed by atoms with Crippen LogP contribution in [0, 0.1) is 0 Å². The Bertz CT molecular complexity index is 841. The summed E-state index contributed by atoms with van der Waals surface area (Å²) in [6.07, 6.45) is 0. The van der Waals surface area contributed by atoms with E-state index in [9.17, 15) is 14.4 Å². The highest BCUT2D eigenvalue weighted by Crippen LogP contribution is 2.32. The summed E-state index contributed by atoms with van der Waals surface area (Å²) < 4.78 is 10.5. The van der Waals surface area contributed by atoms with E-state index in [1.54, 1.807) is 18.2 Å². The standard InChI is InChI=1S/C19H18N2O5S/c22-17(20-8-9-25-14-4-2-1-3-5-14)11-26-19(24)13-6-7-16-15(10-13)21-18(23)12-27-16/h1-7,10H,8-9,11-12H2,(H,20,22)(H,21,23). The van der Waals surface area contributed by atoms with Crippen molar-refractivity contribution in [1.29, 1.82) is 0 Å². The molecule has 3 rings (SSSR count). The van der Waals surface area contributed by atoms with E-state index in [2.05, 4.69) is 10.6 Å². The first-order chi connectivity index (χ1) is 13.1.